The van der Waals surface area contributed by atoms with Gasteiger partial charge in [0.1, 0.15) is 5.58 Å². The van der Waals surface area contributed by atoms with E-state index in [1.165, 1.54) is 16.5 Å². The molecular formula is C57H36N4O. The Morgan fingerprint density at radius 2 is 0.774 bits per heavy atom. The zero-order valence-corrected chi connectivity index (χ0v) is 33.5. The van der Waals surface area contributed by atoms with Crippen molar-refractivity contribution in [3.8, 4) is 73.2 Å². The van der Waals surface area contributed by atoms with Crippen LogP contribution in [0, 0.1) is 0 Å². The molecule has 0 bridgehead atoms. The molecule has 0 fully saturated rings. The van der Waals surface area contributed by atoms with Gasteiger partial charge in [0.15, 0.2) is 23.1 Å². The molecule has 5 heteroatoms. The topological polar surface area (TPSA) is 56.7 Å². The number of aromatic nitrogens is 4. The van der Waals surface area contributed by atoms with Gasteiger partial charge in [0, 0.05) is 38.4 Å². The molecule has 12 rings (SSSR count). The second-order valence-corrected chi connectivity index (χ2v) is 15.6. The third-order valence-corrected chi connectivity index (χ3v) is 11.9. The summed E-state index contributed by atoms with van der Waals surface area (Å²) in [6, 6.07) is 76.2. The largest absolute Gasteiger partial charge is 0.453 e. The molecular weight excluding hydrogens is 757 g/mol. The molecule has 0 aliphatic carbocycles. The molecule has 3 aromatic heterocycles. The first-order chi connectivity index (χ1) is 30.7. The van der Waals surface area contributed by atoms with Crippen LogP contribution in [0.2, 0.25) is 0 Å². The first-order valence-electron chi connectivity index (χ1n) is 20.8. The van der Waals surface area contributed by atoms with Crippen LogP contribution in [0.3, 0.4) is 0 Å². The van der Waals surface area contributed by atoms with Gasteiger partial charge in [-0.15, -0.1) is 0 Å². The number of hydrogen-bond donors (Lipinski definition) is 0. The Morgan fingerprint density at radius 1 is 0.306 bits per heavy atom. The fourth-order valence-corrected chi connectivity index (χ4v) is 8.85. The molecule has 0 saturated heterocycles. The fourth-order valence-electron chi connectivity index (χ4n) is 8.85. The van der Waals surface area contributed by atoms with E-state index in [-0.39, 0.29) is 0 Å². The average Bonchev–Trinajstić information content (AvgIpc) is 3.91. The zero-order valence-electron chi connectivity index (χ0n) is 33.5. The van der Waals surface area contributed by atoms with E-state index in [1.54, 1.807) is 0 Å². The number of fused-ring (bicyclic) bond motifs is 7. The maximum Gasteiger partial charge on any atom is 0.167 e. The maximum absolute atomic E-state index is 7.15. The normalized spacial score (nSPS) is 11.5. The van der Waals surface area contributed by atoms with Gasteiger partial charge < -0.3 is 8.98 Å². The van der Waals surface area contributed by atoms with Crippen molar-refractivity contribution < 1.29 is 4.42 Å². The van der Waals surface area contributed by atoms with Gasteiger partial charge in [0.25, 0.3) is 0 Å². The lowest BCUT2D eigenvalue weighted by Crippen LogP contribution is -2.00. The van der Waals surface area contributed by atoms with Crippen LogP contribution < -0.4 is 0 Å². The van der Waals surface area contributed by atoms with E-state index in [0.29, 0.717) is 17.5 Å². The van der Waals surface area contributed by atoms with Crippen molar-refractivity contribution in [2.75, 3.05) is 0 Å². The lowest BCUT2D eigenvalue weighted by atomic mass is 10.0. The van der Waals surface area contributed by atoms with Crippen LogP contribution in [0.5, 0.6) is 0 Å². The molecule has 0 aliphatic heterocycles. The Balaban J connectivity index is 1.05. The van der Waals surface area contributed by atoms with Gasteiger partial charge in [0.05, 0.1) is 16.6 Å². The molecule has 290 valence electrons. The highest BCUT2D eigenvalue weighted by Gasteiger charge is 2.22. The van der Waals surface area contributed by atoms with Gasteiger partial charge in [0.2, 0.25) is 0 Å². The van der Waals surface area contributed by atoms with Gasteiger partial charge in [-0.25, -0.2) is 15.0 Å². The number of furan rings is 1. The van der Waals surface area contributed by atoms with Gasteiger partial charge >= 0.3 is 0 Å². The van der Waals surface area contributed by atoms with Crippen LogP contribution in [0.25, 0.3) is 117 Å². The van der Waals surface area contributed by atoms with Crippen LogP contribution in [0.4, 0.5) is 0 Å². The average molecular weight is 793 g/mol. The standard InChI is InChI=1S/C57H36N4O/c1-4-14-37(15-5-1)40-26-28-42(29-27-40)55-58-56(44-21-12-20-43(36-44)39-18-8-3-9-19-39)60-57(59-55)50-24-13-23-48-49-35-34-47-46-22-10-11-25-51(46)61(52(47)54(49)62-53(48)50)45-32-30-41(31-33-45)38-16-6-2-7-17-38/h1-36H. The Hall–Kier alpha value is -8.41. The quantitative estimate of drug-likeness (QED) is 0.161. The summed E-state index contributed by atoms with van der Waals surface area (Å²) in [4.78, 5) is 15.6. The molecule has 0 N–H and O–H groups in total. The molecule has 62 heavy (non-hydrogen) atoms. The Labute approximate surface area is 357 Å². The highest BCUT2D eigenvalue weighted by atomic mass is 16.3. The minimum absolute atomic E-state index is 0.542. The highest BCUT2D eigenvalue weighted by molar-refractivity contribution is 6.22. The molecule has 0 unspecified atom stereocenters. The predicted octanol–water partition coefficient (Wildman–Crippen LogP) is 14.9. The highest BCUT2D eigenvalue weighted by Crippen LogP contribution is 2.43. The molecule has 12 aromatic rings. The van der Waals surface area contributed by atoms with Crippen LogP contribution in [-0.2, 0) is 0 Å². The Bertz CT molecular complexity index is 3590. The SMILES string of the molecule is c1ccc(-c2ccc(-c3nc(-c4cccc(-c5ccccc5)c4)nc(-c4cccc5c4oc4c5ccc5c6ccccc6n(-c6ccc(-c7ccccc7)cc6)c54)n3)cc2)cc1. The van der Waals surface area contributed by atoms with Crippen LogP contribution in [0.1, 0.15) is 0 Å². The monoisotopic (exact) mass is 792 g/mol. The first kappa shape index (κ1) is 35.5. The summed E-state index contributed by atoms with van der Waals surface area (Å²) in [7, 11) is 0. The van der Waals surface area contributed by atoms with E-state index in [1.807, 2.05) is 18.2 Å². The summed E-state index contributed by atoms with van der Waals surface area (Å²) in [6.07, 6.45) is 0. The Kier molecular flexibility index (Phi) is 8.42. The Morgan fingerprint density at radius 3 is 1.47 bits per heavy atom. The first-order valence-corrected chi connectivity index (χ1v) is 20.8. The second-order valence-electron chi connectivity index (χ2n) is 15.6. The minimum Gasteiger partial charge on any atom is -0.453 e. The second kappa shape index (κ2) is 14.7. The van der Waals surface area contributed by atoms with Crippen molar-refractivity contribution in [3.05, 3.63) is 218 Å². The summed E-state index contributed by atoms with van der Waals surface area (Å²) >= 11 is 0. The van der Waals surface area contributed by atoms with Crippen molar-refractivity contribution in [3.63, 3.8) is 0 Å². The molecule has 5 nitrogen and oxygen atoms in total. The van der Waals surface area contributed by atoms with Crippen LogP contribution in [-0.4, -0.2) is 19.5 Å². The third kappa shape index (κ3) is 6.06. The number of para-hydroxylation sites is 2. The van der Waals surface area contributed by atoms with E-state index in [2.05, 4.69) is 205 Å². The molecule has 0 amide bonds. The van der Waals surface area contributed by atoms with Gasteiger partial charge in [-0.2, -0.15) is 0 Å². The van der Waals surface area contributed by atoms with Crippen molar-refractivity contribution in [2.45, 2.75) is 0 Å². The lowest BCUT2D eigenvalue weighted by Gasteiger charge is -2.10. The number of nitrogens with zero attached hydrogens (tertiary/aromatic N) is 4. The van der Waals surface area contributed by atoms with Gasteiger partial charge in [-0.05, 0) is 69.8 Å². The van der Waals surface area contributed by atoms with Crippen molar-refractivity contribution in [1.29, 1.82) is 0 Å². The lowest BCUT2D eigenvalue weighted by molar-refractivity contribution is 0.671. The number of benzene rings is 9. The molecule has 0 atom stereocenters. The molecule has 0 saturated carbocycles. The molecule has 0 aliphatic rings. The molecule has 9 aromatic carbocycles. The van der Waals surface area contributed by atoms with Crippen LogP contribution >= 0.6 is 0 Å². The number of hydrogen-bond acceptors (Lipinski definition) is 4. The molecule has 3 heterocycles. The van der Waals surface area contributed by atoms with Crippen molar-refractivity contribution in [2.24, 2.45) is 0 Å². The smallest absolute Gasteiger partial charge is 0.167 e. The van der Waals surface area contributed by atoms with E-state index >= 15 is 0 Å². The summed E-state index contributed by atoms with van der Waals surface area (Å²) < 4.78 is 9.48. The zero-order chi connectivity index (χ0) is 41.0. The summed E-state index contributed by atoms with van der Waals surface area (Å²) in [5, 5.41) is 4.32. The van der Waals surface area contributed by atoms with Gasteiger partial charge in [-0.3, -0.25) is 0 Å². The van der Waals surface area contributed by atoms with Gasteiger partial charge in [-0.1, -0.05) is 182 Å². The molecule has 0 radical (unpaired) electrons. The van der Waals surface area contributed by atoms with Crippen molar-refractivity contribution in [1.82, 2.24) is 19.5 Å². The summed E-state index contributed by atoms with van der Waals surface area (Å²) in [5.74, 6) is 1.72. The predicted molar refractivity (Wildman–Crippen MR) is 254 cm³/mol. The minimum atomic E-state index is 0.542. The van der Waals surface area contributed by atoms with E-state index < -0.39 is 0 Å². The van der Waals surface area contributed by atoms with Crippen LogP contribution in [0.15, 0.2) is 223 Å². The maximum atomic E-state index is 7.15. The van der Waals surface area contributed by atoms with E-state index in [0.717, 1.165) is 83.0 Å². The summed E-state index contributed by atoms with van der Waals surface area (Å²) in [5.41, 5.74) is 14.2. The molecule has 0 spiro atoms. The summed E-state index contributed by atoms with van der Waals surface area (Å²) in [6.45, 7) is 0. The van der Waals surface area contributed by atoms with Crippen molar-refractivity contribution >= 4 is 43.7 Å². The van der Waals surface area contributed by atoms with E-state index in [4.69, 9.17) is 19.4 Å². The third-order valence-electron chi connectivity index (χ3n) is 11.9. The van der Waals surface area contributed by atoms with E-state index in [9.17, 15) is 0 Å². The number of rotatable bonds is 7. The fraction of sp³-hybridized carbons (Fsp3) is 0.